The van der Waals surface area contributed by atoms with Gasteiger partial charge in [0.2, 0.25) is 0 Å². The number of aromatic nitrogens is 3. The first-order valence-electron chi connectivity index (χ1n) is 8.15. The normalized spacial score (nSPS) is 11.7. The molecule has 0 aliphatic carbocycles. The molecule has 2 heterocycles. The number of aliphatic imine (C=N–C) groups is 1. The molecule has 3 N–H and O–H groups in total. The number of nitrogens with two attached hydrogens (primary N) is 1. The predicted octanol–water partition coefficient (Wildman–Crippen LogP) is 2.28. The minimum Gasteiger partial charge on any atom is -0.382 e. The third kappa shape index (κ3) is 4.48. The molecule has 8 heteroatoms. The Hall–Kier alpha value is -3.13. The molecule has 0 fully saturated rings. The van der Waals surface area contributed by atoms with E-state index in [0.717, 1.165) is 13.0 Å². The van der Waals surface area contributed by atoms with E-state index in [2.05, 4.69) is 25.6 Å². The second kappa shape index (κ2) is 8.30. The molecular formula is C18H19FN6O. The summed E-state index contributed by atoms with van der Waals surface area (Å²) in [6, 6.07) is 8.46. The van der Waals surface area contributed by atoms with Crippen LogP contribution in [0.4, 0.5) is 10.1 Å². The van der Waals surface area contributed by atoms with Crippen molar-refractivity contribution in [2.24, 2.45) is 10.7 Å². The summed E-state index contributed by atoms with van der Waals surface area (Å²) in [7, 11) is 0. The van der Waals surface area contributed by atoms with E-state index < -0.39 is 0 Å². The third-order valence-corrected chi connectivity index (χ3v) is 3.82. The highest BCUT2D eigenvalue weighted by Crippen LogP contribution is 2.17. The number of aryl methyl sites for hydroxylation is 1. The number of amidine groups is 1. The highest BCUT2D eigenvalue weighted by atomic mass is 19.1. The fourth-order valence-electron chi connectivity index (χ4n) is 2.40. The maximum Gasteiger partial charge on any atom is 0.174 e. The minimum atomic E-state index is -0.287. The van der Waals surface area contributed by atoms with Gasteiger partial charge in [-0.15, -0.1) is 0 Å². The van der Waals surface area contributed by atoms with Crippen LogP contribution >= 0.6 is 0 Å². The third-order valence-electron chi connectivity index (χ3n) is 3.82. The topological polar surface area (TPSA) is 102 Å². The molecule has 0 amide bonds. The first kappa shape index (κ1) is 17.7. The van der Waals surface area contributed by atoms with Crippen LogP contribution < -0.4 is 11.1 Å². The molecule has 0 saturated heterocycles. The minimum absolute atomic E-state index is 0.170. The molecule has 0 atom stereocenters. The number of hydrogen-bond donors (Lipinski definition) is 2. The van der Waals surface area contributed by atoms with Gasteiger partial charge in [-0.3, -0.25) is 4.98 Å². The van der Waals surface area contributed by atoms with Crippen LogP contribution in [0.15, 0.2) is 52.3 Å². The van der Waals surface area contributed by atoms with Gasteiger partial charge in [0.1, 0.15) is 11.5 Å². The molecule has 0 saturated carbocycles. The van der Waals surface area contributed by atoms with E-state index in [4.69, 9.17) is 10.4 Å². The molecule has 26 heavy (non-hydrogen) atoms. The number of rotatable bonds is 7. The van der Waals surface area contributed by atoms with E-state index in [9.17, 15) is 4.39 Å². The molecule has 0 aliphatic rings. The largest absolute Gasteiger partial charge is 0.382 e. The molecule has 134 valence electrons. The Bertz CT molecular complexity index is 894. The maximum absolute atomic E-state index is 13.3. The lowest BCUT2D eigenvalue weighted by Gasteiger charge is -2.04. The number of halogens is 1. The van der Waals surface area contributed by atoms with Crippen molar-refractivity contribution in [3.63, 3.8) is 0 Å². The van der Waals surface area contributed by atoms with Gasteiger partial charge in [0.25, 0.3) is 0 Å². The standard InChI is InChI=1S/C18H19FN6O/c1-12-10-14(2-3-15(12)19)23-18(20)17-16(24-26-25-17)11-22-9-6-13-4-7-21-8-5-13/h2-5,7-8,10,22H,6,9,11H2,1H3,(H2,20,23). The molecule has 2 aromatic heterocycles. The molecule has 1 aromatic carbocycles. The van der Waals surface area contributed by atoms with Crippen LogP contribution in [0.2, 0.25) is 0 Å². The first-order chi connectivity index (χ1) is 12.6. The number of benzene rings is 1. The highest BCUT2D eigenvalue weighted by molar-refractivity contribution is 5.98. The van der Waals surface area contributed by atoms with E-state index in [0.29, 0.717) is 29.2 Å². The summed E-state index contributed by atoms with van der Waals surface area (Å²) in [5, 5.41) is 11.0. The Kier molecular flexibility index (Phi) is 5.65. The lowest BCUT2D eigenvalue weighted by atomic mass is 10.2. The molecule has 0 unspecified atom stereocenters. The van der Waals surface area contributed by atoms with E-state index in [1.54, 1.807) is 31.5 Å². The monoisotopic (exact) mass is 354 g/mol. The zero-order chi connectivity index (χ0) is 18.4. The molecule has 7 nitrogen and oxygen atoms in total. The molecule has 3 aromatic rings. The number of hydrogen-bond acceptors (Lipinski definition) is 6. The molecule has 3 rings (SSSR count). The van der Waals surface area contributed by atoms with Gasteiger partial charge in [0.15, 0.2) is 11.5 Å². The van der Waals surface area contributed by atoms with Crippen molar-refractivity contribution in [2.75, 3.05) is 6.54 Å². The van der Waals surface area contributed by atoms with Crippen molar-refractivity contribution in [3.8, 4) is 0 Å². The van der Waals surface area contributed by atoms with Gasteiger partial charge in [0, 0.05) is 18.9 Å². The van der Waals surface area contributed by atoms with Crippen LogP contribution in [0.1, 0.15) is 22.5 Å². The predicted molar refractivity (Wildman–Crippen MR) is 95.5 cm³/mol. The van der Waals surface area contributed by atoms with Crippen molar-refractivity contribution in [1.82, 2.24) is 20.6 Å². The van der Waals surface area contributed by atoms with Crippen molar-refractivity contribution in [1.29, 1.82) is 0 Å². The van der Waals surface area contributed by atoms with Crippen LogP contribution in [0.25, 0.3) is 0 Å². The van der Waals surface area contributed by atoms with E-state index in [1.807, 2.05) is 12.1 Å². The summed E-state index contributed by atoms with van der Waals surface area (Å²) in [5.41, 5.74) is 9.19. The second-order valence-electron chi connectivity index (χ2n) is 5.77. The summed E-state index contributed by atoms with van der Waals surface area (Å²) in [6.45, 7) is 2.87. The van der Waals surface area contributed by atoms with Gasteiger partial charge in [-0.05, 0) is 66.5 Å². The first-order valence-corrected chi connectivity index (χ1v) is 8.15. The number of pyridine rings is 1. The van der Waals surface area contributed by atoms with Gasteiger partial charge >= 0.3 is 0 Å². The lowest BCUT2D eigenvalue weighted by molar-refractivity contribution is 0.301. The maximum atomic E-state index is 13.3. The van der Waals surface area contributed by atoms with Crippen molar-refractivity contribution in [3.05, 3.63) is 71.1 Å². The van der Waals surface area contributed by atoms with Crippen LogP contribution in [0, 0.1) is 12.7 Å². The van der Waals surface area contributed by atoms with Crippen LogP contribution in [-0.2, 0) is 13.0 Å². The Labute approximate surface area is 150 Å². The number of nitrogens with zero attached hydrogens (tertiary/aromatic N) is 4. The van der Waals surface area contributed by atoms with Crippen molar-refractivity contribution >= 4 is 11.5 Å². The SMILES string of the molecule is Cc1cc(N=C(N)c2nonc2CNCCc2ccncc2)ccc1F. The smallest absolute Gasteiger partial charge is 0.174 e. The van der Waals surface area contributed by atoms with E-state index in [1.165, 1.54) is 11.6 Å². The average Bonchev–Trinajstić information content (AvgIpc) is 3.11. The summed E-state index contributed by atoms with van der Waals surface area (Å²) in [5.74, 6) is -0.118. The lowest BCUT2D eigenvalue weighted by Crippen LogP contribution is -2.21. The van der Waals surface area contributed by atoms with Crippen molar-refractivity contribution in [2.45, 2.75) is 19.9 Å². The summed E-state index contributed by atoms with van der Waals surface area (Å²) < 4.78 is 18.1. The van der Waals surface area contributed by atoms with Gasteiger partial charge in [-0.25, -0.2) is 14.0 Å². The van der Waals surface area contributed by atoms with Crippen LogP contribution in [0.5, 0.6) is 0 Å². The van der Waals surface area contributed by atoms with Crippen LogP contribution in [-0.4, -0.2) is 27.7 Å². The van der Waals surface area contributed by atoms with Gasteiger partial charge in [-0.1, -0.05) is 5.16 Å². The average molecular weight is 354 g/mol. The van der Waals surface area contributed by atoms with Crippen molar-refractivity contribution < 1.29 is 9.02 Å². The Morgan fingerprint density at radius 3 is 2.81 bits per heavy atom. The Morgan fingerprint density at radius 2 is 2.04 bits per heavy atom. The highest BCUT2D eigenvalue weighted by Gasteiger charge is 2.14. The number of nitrogens with one attached hydrogen (secondary N) is 1. The van der Waals surface area contributed by atoms with Gasteiger partial charge in [-0.2, -0.15) is 0 Å². The summed E-state index contributed by atoms with van der Waals surface area (Å²) >= 11 is 0. The summed E-state index contributed by atoms with van der Waals surface area (Å²) in [4.78, 5) is 8.26. The van der Waals surface area contributed by atoms with Gasteiger partial charge < -0.3 is 11.1 Å². The molecule has 0 spiro atoms. The van der Waals surface area contributed by atoms with Gasteiger partial charge in [0.05, 0.1) is 5.69 Å². The molecule has 0 bridgehead atoms. The second-order valence-corrected chi connectivity index (χ2v) is 5.77. The molecule has 0 radical (unpaired) electrons. The molecule has 0 aliphatic heterocycles. The quantitative estimate of drug-likeness (QED) is 0.383. The fraction of sp³-hybridized carbons (Fsp3) is 0.222. The van der Waals surface area contributed by atoms with E-state index in [-0.39, 0.29) is 11.7 Å². The van der Waals surface area contributed by atoms with Crippen LogP contribution in [0.3, 0.4) is 0 Å². The fourth-order valence-corrected chi connectivity index (χ4v) is 2.40. The Balaban J connectivity index is 1.62. The zero-order valence-corrected chi connectivity index (χ0v) is 14.3. The molecular weight excluding hydrogens is 335 g/mol. The summed E-state index contributed by atoms with van der Waals surface area (Å²) in [6.07, 6.45) is 4.40. The zero-order valence-electron chi connectivity index (χ0n) is 14.3. The van der Waals surface area contributed by atoms with E-state index >= 15 is 0 Å². The Morgan fingerprint density at radius 1 is 1.23 bits per heavy atom.